The van der Waals surface area contributed by atoms with E-state index in [1.807, 2.05) is 42.5 Å². The largest absolute Gasteiger partial charge is 0.493 e. The van der Waals surface area contributed by atoms with E-state index in [9.17, 15) is 4.79 Å². The normalized spacial score (nSPS) is 30.4. The quantitative estimate of drug-likeness (QED) is 0.355. The van der Waals surface area contributed by atoms with Gasteiger partial charge in [0, 0.05) is 16.0 Å². The lowest BCUT2D eigenvalue weighted by molar-refractivity contribution is -0.131. The monoisotopic (exact) mass is 477 g/mol. The van der Waals surface area contributed by atoms with E-state index in [4.69, 9.17) is 30.8 Å². The average molecular weight is 478 g/mol. The number of benzene rings is 2. The van der Waals surface area contributed by atoms with Crippen LogP contribution in [0.15, 0.2) is 53.2 Å². The summed E-state index contributed by atoms with van der Waals surface area (Å²) in [4.78, 5) is 17.5. The first kappa shape index (κ1) is 21.7. The van der Waals surface area contributed by atoms with Gasteiger partial charge in [0.25, 0.3) is 0 Å². The zero-order chi connectivity index (χ0) is 23.3. The summed E-state index contributed by atoms with van der Waals surface area (Å²) in [5, 5.41) is 0.662. The SMILES string of the molecule is COc1cc(/C=C2/N=C(C34CC5CC(CC(C5)C3)C4)OC2=O)ccc1OCc1ccccc1Cl. The molecular weight excluding hydrogens is 450 g/mol. The number of carbonyl (C=O) groups excluding carboxylic acids is 1. The first-order chi connectivity index (χ1) is 16.5. The van der Waals surface area contributed by atoms with Crippen LogP contribution in [0.5, 0.6) is 11.5 Å². The third-order valence-corrected chi connectivity index (χ3v) is 8.31. The zero-order valence-corrected chi connectivity index (χ0v) is 20.0. The van der Waals surface area contributed by atoms with Crippen molar-refractivity contribution in [2.45, 2.75) is 45.1 Å². The number of hydrogen-bond acceptors (Lipinski definition) is 5. The minimum absolute atomic E-state index is 0.0336. The van der Waals surface area contributed by atoms with Gasteiger partial charge in [-0.15, -0.1) is 0 Å². The Morgan fingerprint density at radius 3 is 2.44 bits per heavy atom. The average Bonchev–Trinajstić information content (AvgIpc) is 3.19. The molecule has 1 aliphatic heterocycles. The second kappa shape index (κ2) is 8.46. The summed E-state index contributed by atoms with van der Waals surface area (Å²) in [6, 6.07) is 13.2. The molecular formula is C28H28ClNO4. The van der Waals surface area contributed by atoms with Crippen molar-refractivity contribution < 1.29 is 19.0 Å². The number of nitrogens with zero attached hydrogens (tertiary/aromatic N) is 1. The van der Waals surface area contributed by atoms with Crippen molar-refractivity contribution in [3.05, 3.63) is 64.3 Å². The van der Waals surface area contributed by atoms with Gasteiger partial charge in [0.1, 0.15) is 6.61 Å². The summed E-state index contributed by atoms with van der Waals surface area (Å²) in [5.41, 5.74) is 2.04. The van der Waals surface area contributed by atoms with Crippen molar-refractivity contribution in [1.82, 2.24) is 0 Å². The van der Waals surface area contributed by atoms with Gasteiger partial charge >= 0.3 is 5.97 Å². The fraction of sp³-hybridized carbons (Fsp3) is 0.429. The molecule has 2 aromatic rings. The molecule has 0 amide bonds. The number of esters is 1. The zero-order valence-electron chi connectivity index (χ0n) is 19.3. The molecule has 0 radical (unpaired) electrons. The lowest BCUT2D eigenvalue weighted by atomic mass is 9.49. The topological polar surface area (TPSA) is 57.1 Å². The van der Waals surface area contributed by atoms with Gasteiger partial charge in [-0.2, -0.15) is 0 Å². The minimum atomic E-state index is -0.358. The molecule has 0 atom stereocenters. The number of cyclic esters (lactones) is 1. The van der Waals surface area contributed by atoms with Crippen LogP contribution in [0.25, 0.3) is 6.08 Å². The molecule has 5 nitrogen and oxygen atoms in total. The van der Waals surface area contributed by atoms with Crippen LogP contribution in [0.3, 0.4) is 0 Å². The van der Waals surface area contributed by atoms with E-state index in [-0.39, 0.29) is 11.4 Å². The van der Waals surface area contributed by atoms with Gasteiger partial charge < -0.3 is 14.2 Å². The molecule has 4 fully saturated rings. The van der Waals surface area contributed by atoms with Crippen molar-refractivity contribution in [2.24, 2.45) is 28.2 Å². The molecule has 176 valence electrons. The van der Waals surface area contributed by atoms with Crippen LogP contribution >= 0.6 is 11.6 Å². The Morgan fingerprint density at radius 1 is 1.06 bits per heavy atom. The molecule has 0 spiro atoms. The number of ether oxygens (including phenoxy) is 3. The van der Waals surface area contributed by atoms with Gasteiger partial charge in [-0.25, -0.2) is 9.79 Å². The highest BCUT2D eigenvalue weighted by atomic mass is 35.5. The second-order valence-corrected chi connectivity index (χ2v) is 10.7. The van der Waals surface area contributed by atoms with E-state index in [0.29, 0.717) is 34.7 Å². The predicted octanol–water partition coefficient (Wildman–Crippen LogP) is 6.44. The maximum atomic E-state index is 12.7. The summed E-state index contributed by atoms with van der Waals surface area (Å²) in [7, 11) is 1.60. The third-order valence-electron chi connectivity index (χ3n) is 7.94. The molecule has 2 aromatic carbocycles. The highest BCUT2D eigenvalue weighted by Gasteiger charge is 2.55. The number of carbonyl (C=O) groups is 1. The number of hydrogen-bond donors (Lipinski definition) is 0. The highest BCUT2D eigenvalue weighted by Crippen LogP contribution is 2.61. The predicted molar refractivity (Wildman–Crippen MR) is 131 cm³/mol. The molecule has 0 N–H and O–H groups in total. The van der Waals surface area contributed by atoms with Crippen LogP contribution in [0.4, 0.5) is 0 Å². The molecule has 34 heavy (non-hydrogen) atoms. The van der Waals surface area contributed by atoms with E-state index >= 15 is 0 Å². The number of rotatable bonds is 6. The lowest BCUT2D eigenvalue weighted by Gasteiger charge is -2.55. The fourth-order valence-corrected chi connectivity index (χ4v) is 7.02. The van der Waals surface area contributed by atoms with Crippen molar-refractivity contribution in [3.63, 3.8) is 0 Å². The van der Waals surface area contributed by atoms with E-state index in [2.05, 4.69) is 0 Å². The van der Waals surface area contributed by atoms with E-state index < -0.39 is 0 Å². The third kappa shape index (κ3) is 3.90. The van der Waals surface area contributed by atoms with Crippen LogP contribution in [0, 0.1) is 23.2 Å². The molecule has 1 heterocycles. The lowest BCUT2D eigenvalue weighted by Crippen LogP contribution is -2.50. The number of aliphatic imine (C=N–C) groups is 1. The number of halogens is 1. The molecule has 0 aromatic heterocycles. The molecule has 4 saturated carbocycles. The Balaban J connectivity index is 1.22. The fourth-order valence-electron chi connectivity index (χ4n) is 6.83. The van der Waals surface area contributed by atoms with Crippen molar-refractivity contribution >= 4 is 29.5 Å². The maximum absolute atomic E-state index is 12.7. The van der Waals surface area contributed by atoms with Gasteiger partial charge in [-0.1, -0.05) is 35.9 Å². The van der Waals surface area contributed by atoms with Crippen LogP contribution in [-0.2, 0) is 16.1 Å². The van der Waals surface area contributed by atoms with Crippen molar-refractivity contribution in [2.75, 3.05) is 7.11 Å². The summed E-state index contributed by atoms with van der Waals surface area (Å²) in [6.07, 6.45) is 9.14. The Hall–Kier alpha value is -2.79. The molecule has 7 rings (SSSR count). The molecule has 4 bridgehead atoms. The van der Waals surface area contributed by atoms with E-state index in [1.165, 1.54) is 19.3 Å². The van der Waals surface area contributed by atoms with E-state index in [0.717, 1.165) is 48.1 Å². The van der Waals surface area contributed by atoms with Crippen LogP contribution in [-0.4, -0.2) is 19.0 Å². The van der Waals surface area contributed by atoms with Gasteiger partial charge in [0.15, 0.2) is 17.2 Å². The smallest absolute Gasteiger partial charge is 0.363 e. The summed E-state index contributed by atoms with van der Waals surface area (Å²) < 4.78 is 17.3. The Morgan fingerprint density at radius 2 is 1.76 bits per heavy atom. The molecule has 0 unspecified atom stereocenters. The molecule has 4 aliphatic carbocycles. The standard InChI is InChI=1S/C28H28ClNO4/c1-32-25-12-17(6-7-24(25)33-16-21-4-2-3-5-22(21)29)11-23-26(31)34-27(30-23)28-13-18-8-19(14-28)10-20(9-18)15-28/h2-7,11-12,18-20H,8-10,13-16H2,1H3/b23-11+. The summed E-state index contributed by atoms with van der Waals surface area (Å²) in [6.45, 7) is 0.335. The number of methoxy groups -OCH3 is 1. The first-order valence-electron chi connectivity index (χ1n) is 12.1. The van der Waals surface area contributed by atoms with Gasteiger partial charge in [-0.05, 0) is 86.1 Å². The molecule has 6 heteroatoms. The summed E-state index contributed by atoms with van der Waals surface area (Å²) in [5.74, 6) is 3.79. The maximum Gasteiger partial charge on any atom is 0.363 e. The van der Waals surface area contributed by atoms with E-state index in [1.54, 1.807) is 13.2 Å². The van der Waals surface area contributed by atoms with Crippen molar-refractivity contribution in [1.29, 1.82) is 0 Å². The summed E-state index contributed by atoms with van der Waals surface area (Å²) >= 11 is 6.23. The molecule has 5 aliphatic rings. The minimum Gasteiger partial charge on any atom is -0.493 e. The van der Waals surface area contributed by atoms with Gasteiger partial charge in [0.05, 0.1) is 7.11 Å². The first-order valence-corrected chi connectivity index (χ1v) is 12.5. The van der Waals surface area contributed by atoms with Crippen LogP contribution in [0.2, 0.25) is 5.02 Å². The van der Waals surface area contributed by atoms with Gasteiger partial charge in [0.2, 0.25) is 5.90 Å². The Kier molecular flexibility index (Phi) is 5.40. The second-order valence-electron chi connectivity index (χ2n) is 10.3. The Bertz CT molecular complexity index is 1170. The highest BCUT2D eigenvalue weighted by molar-refractivity contribution is 6.31. The van der Waals surface area contributed by atoms with Crippen LogP contribution < -0.4 is 9.47 Å². The van der Waals surface area contributed by atoms with Crippen LogP contribution in [0.1, 0.15) is 49.7 Å². The van der Waals surface area contributed by atoms with Crippen molar-refractivity contribution in [3.8, 4) is 11.5 Å². The van der Waals surface area contributed by atoms with Gasteiger partial charge in [-0.3, -0.25) is 0 Å². The Labute approximate surface area is 204 Å². The molecule has 0 saturated heterocycles.